The SMILES string of the molecule is CCC1(C(=O)O)CCCN(C(=O)c2cc(C)nc(Cl)c2)C1. The Hall–Kier alpha value is -1.62. The molecule has 0 aromatic carbocycles. The third kappa shape index (κ3) is 3.18. The molecule has 1 amide bonds. The quantitative estimate of drug-likeness (QED) is 0.871. The molecule has 0 aliphatic carbocycles. The molecule has 0 saturated carbocycles. The maximum Gasteiger partial charge on any atom is 0.311 e. The lowest BCUT2D eigenvalue weighted by molar-refractivity contribution is -0.152. The Labute approximate surface area is 128 Å². The predicted molar refractivity (Wildman–Crippen MR) is 79.5 cm³/mol. The molecule has 21 heavy (non-hydrogen) atoms. The largest absolute Gasteiger partial charge is 0.481 e. The van der Waals surface area contributed by atoms with Crippen molar-refractivity contribution in [1.82, 2.24) is 9.88 Å². The zero-order chi connectivity index (χ0) is 15.6. The van der Waals surface area contributed by atoms with Crippen LogP contribution < -0.4 is 0 Å². The van der Waals surface area contributed by atoms with Crippen LogP contribution in [0.1, 0.15) is 42.2 Å². The molecule has 1 saturated heterocycles. The molecule has 1 fully saturated rings. The van der Waals surface area contributed by atoms with Gasteiger partial charge in [-0.05, 0) is 38.3 Å². The van der Waals surface area contributed by atoms with Crippen molar-refractivity contribution in [2.24, 2.45) is 5.41 Å². The molecular formula is C15H19ClN2O3. The lowest BCUT2D eigenvalue weighted by Crippen LogP contribution is -2.49. The van der Waals surface area contributed by atoms with E-state index < -0.39 is 11.4 Å². The molecule has 5 nitrogen and oxygen atoms in total. The number of carboxylic acid groups (broad SMARTS) is 1. The van der Waals surface area contributed by atoms with Crippen LogP contribution in [-0.4, -0.2) is 40.0 Å². The molecule has 1 aliphatic rings. The highest BCUT2D eigenvalue weighted by Crippen LogP contribution is 2.34. The first-order valence-corrected chi connectivity index (χ1v) is 7.42. The molecule has 1 N–H and O–H groups in total. The summed E-state index contributed by atoms with van der Waals surface area (Å²) >= 11 is 5.89. The van der Waals surface area contributed by atoms with Crippen molar-refractivity contribution in [3.63, 3.8) is 0 Å². The van der Waals surface area contributed by atoms with Crippen molar-refractivity contribution in [2.75, 3.05) is 13.1 Å². The number of piperidine rings is 1. The number of pyridine rings is 1. The van der Waals surface area contributed by atoms with Gasteiger partial charge in [0.05, 0.1) is 5.41 Å². The van der Waals surface area contributed by atoms with Crippen molar-refractivity contribution < 1.29 is 14.7 Å². The summed E-state index contributed by atoms with van der Waals surface area (Å²) in [7, 11) is 0. The first kappa shape index (κ1) is 15.8. The molecule has 1 aromatic heterocycles. The summed E-state index contributed by atoms with van der Waals surface area (Å²) in [4.78, 5) is 29.8. The van der Waals surface area contributed by atoms with Crippen LogP contribution in [0, 0.1) is 12.3 Å². The van der Waals surface area contributed by atoms with Crippen LogP contribution in [0.2, 0.25) is 5.15 Å². The summed E-state index contributed by atoms with van der Waals surface area (Å²) in [5.74, 6) is -1.01. The highest BCUT2D eigenvalue weighted by Gasteiger charge is 2.42. The standard InChI is InChI=1S/C15H19ClN2O3/c1-3-15(14(20)21)5-4-6-18(9-15)13(19)11-7-10(2)17-12(16)8-11/h7-8H,3-6,9H2,1-2H3,(H,20,21). The molecule has 1 aliphatic heterocycles. The second kappa shape index (κ2) is 6.02. The molecule has 1 atom stereocenters. The number of likely N-dealkylation sites (tertiary alicyclic amines) is 1. The number of hydrogen-bond donors (Lipinski definition) is 1. The predicted octanol–water partition coefficient (Wildman–Crippen LogP) is 2.76. The minimum atomic E-state index is -0.834. The van der Waals surface area contributed by atoms with E-state index in [1.54, 1.807) is 17.9 Å². The molecule has 0 spiro atoms. The van der Waals surface area contributed by atoms with Gasteiger partial charge in [0.1, 0.15) is 5.15 Å². The van der Waals surface area contributed by atoms with Crippen LogP contribution in [0.3, 0.4) is 0 Å². The second-order valence-corrected chi connectivity index (χ2v) is 5.98. The Morgan fingerprint density at radius 1 is 1.48 bits per heavy atom. The van der Waals surface area contributed by atoms with Crippen LogP contribution in [0.25, 0.3) is 0 Å². The van der Waals surface area contributed by atoms with Crippen LogP contribution in [0.15, 0.2) is 12.1 Å². The van der Waals surface area contributed by atoms with Crippen molar-refractivity contribution in [1.29, 1.82) is 0 Å². The number of carbonyl (C=O) groups is 2. The van der Waals surface area contributed by atoms with E-state index in [1.807, 2.05) is 6.92 Å². The fourth-order valence-corrected chi connectivity index (χ4v) is 3.10. The number of rotatable bonds is 3. The normalized spacial score (nSPS) is 22.1. The van der Waals surface area contributed by atoms with E-state index in [1.165, 1.54) is 6.07 Å². The monoisotopic (exact) mass is 310 g/mol. The Kier molecular flexibility index (Phi) is 4.52. The van der Waals surface area contributed by atoms with E-state index >= 15 is 0 Å². The summed E-state index contributed by atoms with van der Waals surface area (Å²) in [6.07, 6.45) is 1.82. The number of amides is 1. The number of aliphatic carboxylic acids is 1. The molecule has 114 valence electrons. The summed E-state index contributed by atoms with van der Waals surface area (Å²) in [5, 5.41) is 9.75. The molecule has 1 aromatic rings. The minimum absolute atomic E-state index is 0.179. The first-order chi connectivity index (χ1) is 9.88. The van der Waals surface area contributed by atoms with Gasteiger partial charge in [-0.1, -0.05) is 18.5 Å². The summed E-state index contributed by atoms with van der Waals surface area (Å²) in [6, 6.07) is 3.21. The van der Waals surface area contributed by atoms with Gasteiger partial charge >= 0.3 is 5.97 Å². The Balaban J connectivity index is 2.25. The average Bonchev–Trinajstić information content (AvgIpc) is 2.45. The highest BCUT2D eigenvalue weighted by atomic mass is 35.5. The number of carboxylic acids is 1. The van der Waals surface area contributed by atoms with Gasteiger partial charge in [0, 0.05) is 24.3 Å². The third-order valence-corrected chi connectivity index (χ3v) is 4.36. The van der Waals surface area contributed by atoms with Gasteiger partial charge in [0.2, 0.25) is 0 Å². The van der Waals surface area contributed by atoms with E-state index in [9.17, 15) is 14.7 Å². The van der Waals surface area contributed by atoms with E-state index in [0.717, 1.165) is 0 Å². The van der Waals surface area contributed by atoms with Gasteiger partial charge in [-0.25, -0.2) is 4.98 Å². The second-order valence-electron chi connectivity index (χ2n) is 5.59. The highest BCUT2D eigenvalue weighted by molar-refractivity contribution is 6.29. The van der Waals surface area contributed by atoms with Crippen LogP contribution in [0.5, 0.6) is 0 Å². The Morgan fingerprint density at radius 2 is 2.19 bits per heavy atom. The maximum atomic E-state index is 12.6. The van der Waals surface area contributed by atoms with Gasteiger partial charge in [-0.3, -0.25) is 9.59 Å². The average molecular weight is 311 g/mol. The van der Waals surface area contributed by atoms with Gasteiger partial charge < -0.3 is 10.0 Å². The van der Waals surface area contributed by atoms with E-state index in [2.05, 4.69) is 4.98 Å². The van der Waals surface area contributed by atoms with Crippen molar-refractivity contribution in [3.8, 4) is 0 Å². The smallest absolute Gasteiger partial charge is 0.311 e. The van der Waals surface area contributed by atoms with Gasteiger partial charge in [-0.2, -0.15) is 0 Å². The Morgan fingerprint density at radius 3 is 2.76 bits per heavy atom. The molecule has 2 rings (SSSR count). The minimum Gasteiger partial charge on any atom is -0.481 e. The lowest BCUT2D eigenvalue weighted by Gasteiger charge is -2.39. The third-order valence-electron chi connectivity index (χ3n) is 4.16. The van der Waals surface area contributed by atoms with Gasteiger partial charge in [0.15, 0.2) is 0 Å². The first-order valence-electron chi connectivity index (χ1n) is 7.05. The maximum absolute atomic E-state index is 12.6. The van der Waals surface area contributed by atoms with Crippen molar-refractivity contribution in [3.05, 3.63) is 28.5 Å². The number of aromatic nitrogens is 1. The van der Waals surface area contributed by atoms with Crippen LogP contribution in [0.4, 0.5) is 0 Å². The molecule has 0 bridgehead atoms. The number of halogens is 1. The van der Waals surface area contributed by atoms with Crippen LogP contribution in [-0.2, 0) is 4.79 Å². The van der Waals surface area contributed by atoms with E-state index in [4.69, 9.17) is 11.6 Å². The topological polar surface area (TPSA) is 70.5 Å². The molecule has 1 unspecified atom stereocenters. The number of carbonyl (C=O) groups excluding carboxylic acids is 1. The van der Waals surface area contributed by atoms with Gasteiger partial charge in [-0.15, -0.1) is 0 Å². The van der Waals surface area contributed by atoms with Crippen molar-refractivity contribution >= 4 is 23.5 Å². The van der Waals surface area contributed by atoms with E-state index in [-0.39, 0.29) is 17.6 Å². The van der Waals surface area contributed by atoms with Crippen molar-refractivity contribution in [2.45, 2.75) is 33.1 Å². The van der Waals surface area contributed by atoms with Crippen LogP contribution >= 0.6 is 11.6 Å². The Bertz CT molecular complexity index is 556. The number of nitrogens with zero attached hydrogens (tertiary/aromatic N) is 2. The number of aryl methyl sites for hydroxylation is 1. The number of hydrogen-bond acceptors (Lipinski definition) is 3. The molecule has 0 radical (unpaired) electrons. The summed E-state index contributed by atoms with van der Waals surface area (Å²) in [6.45, 7) is 4.45. The van der Waals surface area contributed by atoms with Gasteiger partial charge in [0.25, 0.3) is 5.91 Å². The molecule has 2 heterocycles. The fourth-order valence-electron chi connectivity index (χ4n) is 2.85. The summed E-state index contributed by atoms with van der Waals surface area (Å²) in [5.41, 5.74) is 0.299. The molecule has 6 heteroatoms. The molecular weight excluding hydrogens is 292 g/mol. The zero-order valence-electron chi connectivity index (χ0n) is 12.2. The fraction of sp³-hybridized carbons (Fsp3) is 0.533. The zero-order valence-corrected chi connectivity index (χ0v) is 13.0. The van der Waals surface area contributed by atoms with E-state index in [0.29, 0.717) is 37.1 Å². The summed E-state index contributed by atoms with van der Waals surface area (Å²) < 4.78 is 0. The lowest BCUT2D eigenvalue weighted by atomic mass is 9.77.